The molecule has 1 heterocycles. The summed E-state index contributed by atoms with van der Waals surface area (Å²) in [4.78, 5) is 17.8. The van der Waals surface area contributed by atoms with Crippen LogP contribution in [0.1, 0.15) is 10.5 Å². The number of aliphatic hydroxyl groups excluding tert-OH is 1. The van der Waals surface area contributed by atoms with Gasteiger partial charge >= 0.3 is 5.97 Å². The molecular formula is C7H8N2O4. The second kappa shape index (κ2) is 4.36. The second-order valence-electron chi connectivity index (χ2n) is 2.09. The Morgan fingerprint density at radius 3 is 2.77 bits per heavy atom. The Balaban J connectivity index is 2.84. The van der Waals surface area contributed by atoms with Crippen LogP contribution in [0.5, 0.6) is 5.88 Å². The van der Waals surface area contributed by atoms with Gasteiger partial charge < -0.3 is 14.9 Å². The molecule has 0 bridgehead atoms. The Hall–Kier alpha value is -1.69. The van der Waals surface area contributed by atoms with Gasteiger partial charge in [-0.25, -0.2) is 14.8 Å². The first kappa shape index (κ1) is 9.40. The third-order valence-corrected chi connectivity index (χ3v) is 1.20. The fraction of sp³-hybridized carbons (Fsp3) is 0.286. The number of hydrogen-bond acceptors (Lipinski definition) is 5. The van der Waals surface area contributed by atoms with Crippen molar-refractivity contribution in [2.24, 2.45) is 0 Å². The van der Waals surface area contributed by atoms with Gasteiger partial charge in [0.15, 0.2) is 0 Å². The molecule has 0 radical (unpaired) electrons. The van der Waals surface area contributed by atoms with Gasteiger partial charge in [0.1, 0.15) is 6.61 Å². The second-order valence-corrected chi connectivity index (χ2v) is 2.09. The number of rotatable bonds is 4. The molecule has 6 nitrogen and oxygen atoms in total. The lowest BCUT2D eigenvalue weighted by molar-refractivity contribution is 0.0682. The predicted octanol–water partition coefficient (Wildman–Crippen LogP) is -0.454. The van der Waals surface area contributed by atoms with Gasteiger partial charge in [-0.05, 0) is 0 Å². The standard InChI is InChI=1S/C7H8N2O4/c10-3-4-13-6-5(7(11)12)8-1-2-9-6/h1-2,10H,3-4H2,(H,11,12). The summed E-state index contributed by atoms with van der Waals surface area (Å²) in [6.07, 6.45) is 2.58. The zero-order valence-corrected chi connectivity index (χ0v) is 6.67. The van der Waals surface area contributed by atoms with Crippen LogP contribution in [0, 0.1) is 0 Å². The highest BCUT2D eigenvalue weighted by molar-refractivity contribution is 5.87. The summed E-state index contributed by atoms with van der Waals surface area (Å²) in [7, 11) is 0. The molecule has 0 fully saturated rings. The average Bonchev–Trinajstić information content (AvgIpc) is 2.15. The molecule has 0 atom stereocenters. The summed E-state index contributed by atoms with van der Waals surface area (Å²) in [6, 6.07) is 0. The van der Waals surface area contributed by atoms with Gasteiger partial charge in [0.05, 0.1) is 6.61 Å². The molecule has 70 valence electrons. The van der Waals surface area contributed by atoms with Crippen LogP contribution in [-0.4, -0.2) is 39.4 Å². The minimum absolute atomic E-state index is 0.00102. The van der Waals surface area contributed by atoms with Crippen LogP contribution in [0.4, 0.5) is 0 Å². The Kier molecular flexibility index (Phi) is 3.15. The molecule has 0 saturated heterocycles. The van der Waals surface area contributed by atoms with Crippen molar-refractivity contribution in [2.75, 3.05) is 13.2 Å². The topological polar surface area (TPSA) is 92.5 Å². The van der Waals surface area contributed by atoms with E-state index in [0.29, 0.717) is 0 Å². The molecule has 0 aliphatic rings. The summed E-state index contributed by atoms with van der Waals surface area (Å²) in [5.74, 6) is -1.29. The number of aromatic nitrogens is 2. The van der Waals surface area contributed by atoms with Crippen molar-refractivity contribution in [1.29, 1.82) is 0 Å². The number of aliphatic hydroxyl groups is 1. The molecule has 0 aromatic carbocycles. The fourth-order valence-corrected chi connectivity index (χ4v) is 0.720. The highest BCUT2D eigenvalue weighted by atomic mass is 16.5. The summed E-state index contributed by atoms with van der Waals surface area (Å²) in [6.45, 7) is -0.200. The number of hydrogen-bond donors (Lipinski definition) is 2. The highest BCUT2D eigenvalue weighted by Gasteiger charge is 2.13. The van der Waals surface area contributed by atoms with Crippen LogP contribution >= 0.6 is 0 Å². The van der Waals surface area contributed by atoms with Crippen LogP contribution in [0.25, 0.3) is 0 Å². The third kappa shape index (κ3) is 2.38. The zero-order valence-electron chi connectivity index (χ0n) is 6.67. The molecule has 1 aromatic heterocycles. The van der Waals surface area contributed by atoms with Gasteiger partial charge in [-0.15, -0.1) is 0 Å². The van der Waals surface area contributed by atoms with E-state index in [9.17, 15) is 4.79 Å². The number of carbonyl (C=O) groups is 1. The Bertz CT molecular complexity index is 302. The van der Waals surface area contributed by atoms with Crippen LogP contribution in [0.2, 0.25) is 0 Å². The van der Waals surface area contributed by atoms with Gasteiger partial charge in [-0.3, -0.25) is 0 Å². The lowest BCUT2D eigenvalue weighted by Crippen LogP contribution is -2.09. The smallest absolute Gasteiger partial charge is 0.360 e. The molecule has 0 amide bonds. The quantitative estimate of drug-likeness (QED) is 0.658. The van der Waals surface area contributed by atoms with Gasteiger partial charge in [0.25, 0.3) is 0 Å². The van der Waals surface area contributed by atoms with Crippen molar-refractivity contribution in [3.05, 3.63) is 18.1 Å². The van der Waals surface area contributed by atoms with Gasteiger partial charge in [0, 0.05) is 12.4 Å². The molecule has 1 aromatic rings. The van der Waals surface area contributed by atoms with Crippen LogP contribution in [0.15, 0.2) is 12.4 Å². The summed E-state index contributed by atoms with van der Waals surface area (Å²) >= 11 is 0. The van der Waals surface area contributed by atoms with Crippen molar-refractivity contribution in [2.45, 2.75) is 0 Å². The van der Waals surface area contributed by atoms with Gasteiger partial charge in [-0.2, -0.15) is 0 Å². The molecule has 0 unspecified atom stereocenters. The normalized spacial score (nSPS) is 9.62. The summed E-state index contributed by atoms with van der Waals surface area (Å²) in [5.41, 5.74) is -0.254. The Morgan fingerprint density at radius 1 is 1.46 bits per heavy atom. The van der Waals surface area contributed by atoms with Crippen LogP contribution in [-0.2, 0) is 0 Å². The first-order valence-electron chi connectivity index (χ1n) is 3.53. The maximum Gasteiger partial charge on any atom is 0.360 e. The van der Waals surface area contributed by atoms with E-state index >= 15 is 0 Å². The molecule has 0 saturated carbocycles. The van der Waals surface area contributed by atoms with E-state index < -0.39 is 5.97 Å². The number of ether oxygens (including phenoxy) is 1. The lowest BCUT2D eigenvalue weighted by Gasteiger charge is -2.03. The molecule has 0 aliphatic carbocycles. The largest absolute Gasteiger partial charge is 0.476 e. The molecule has 0 spiro atoms. The lowest BCUT2D eigenvalue weighted by atomic mass is 10.4. The first-order chi connectivity index (χ1) is 6.25. The van der Waals surface area contributed by atoms with Crippen molar-refractivity contribution < 1.29 is 19.7 Å². The molecular weight excluding hydrogens is 176 g/mol. The first-order valence-corrected chi connectivity index (χ1v) is 3.53. The van der Waals surface area contributed by atoms with Crippen LogP contribution in [0.3, 0.4) is 0 Å². The number of nitrogens with zero attached hydrogens (tertiary/aromatic N) is 2. The van der Waals surface area contributed by atoms with E-state index in [-0.39, 0.29) is 24.8 Å². The third-order valence-electron chi connectivity index (χ3n) is 1.20. The number of carboxylic acids is 1. The minimum atomic E-state index is -1.21. The van der Waals surface area contributed by atoms with E-state index in [1.165, 1.54) is 12.4 Å². The van der Waals surface area contributed by atoms with Gasteiger partial charge in [-0.1, -0.05) is 0 Å². The maximum absolute atomic E-state index is 10.5. The minimum Gasteiger partial charge on any atom is -0.476 e. The number of carboxylic acid groups (broad SMARTS) is 1. The van der Waals surface area contributed by atoms with E-state index in [1.807, 2.05) is 0 Å². The molecule has 2 N–H and O–H groups in total. The van der Waals surface area contributed by atoms with Crippen molar-refractivity contribution in [1.82, 2.24) is 9.97 Å². The summed E-state index contributed by atoms with van der Waals surface area (Å²) < 4.78 is 4.84. The van der Waals surface area contributed by atoms with E-state index in [2.05, 4.69) is 9.97 Å². The van der Waals surface area contributed by atoms with Gasteiger partial charge in [0.2, 0.25) is 11.6 Å². The van der Waals surface area contributed by atoms with Crippen LogP contribution < -0.4 is 4.74 Å². The Labute approximate surface area is 73.8 Å². The maximum atomic E-state index is 10.5. The van der Waals surface area contributed by atoms with E-state index in [4.69, 9.17) is 14.9 Å². The predicted molar refractivity (Wildman–Crippen MR) is 41.6 cm³/mol. The summed E-state index contributed by atoms with van der Waals surface area (Å²) in [5, 5.41) is 17.1. The fourth-order valence-electron chi connectivity index (χ4n) is 0.720. The van der Waals surface area contributed by atoms with E-state index in [0.717, 1.165) is 0 Å². The molecule has 6 heteroatoms. The zero-order chi connectivity index (χ0) is 9.68. The molecule has 1 rings (SSSR count). The molecule has 13 heavy (non-hydrogen) atoms. The monoisotopic (exact) mass is 184 g/mol. The number of aromatic carboxylic acids is 1. The Morgan fingerprint density at radius 2 is 2.15 bits per heavy atom. The SMILES string of the molecule is O=C(O)c1nccnc1OCCO. The highest BCUT2D eigenvalue weighted by Crippen LogP contribution is 2.10. The molecule has 0 aliphatic heterocycles. The average molecular weight is 184 g/mol. The van der Waals surface area contributed by atoms with E-state index in [1.54, 1.807) is 0 Å². The van der Waals surface area contributed by atoms with Crippen molar-refractivity contribution in [3.8, 4) is 5.88 Å². The van der Waals surface area contributed by atoms with Crippen molar-refractivity contribution in [3.63, 3.8) is 0 Å². The van der Waals surface area contributed by atoms with Crippen molar-refractivity contribution >= 4 is 5.97 Å².